The van der Waals surface area contributed by atoms with Gasteiger partial charge in [-0.15, -0.1) is 0 Å². The molecule has 0 aliphatic carbocycles. The molecule has 0 heterocycles. The topological polar surface area (TPSA) is 67.1 Å². The Morgan fingerprint density at radius 2 is 1.83 bits per heavy atom. The first-order chi connectivity index (χ1) is 14.5. The zero-order chi connectivity index (χ0) is 21.8. The van der Waals surface area contributed by atoms with E-state index in [0.717, 1.165) is 28.9 Å². The highest BCUT2D eigenvalue weighted by atomic mass is 16.1. The molecule has 1 amide bonds. The van der Waals surface area contributed by atoms with Gasteiger partial charge in [0.05, 0.1) is 0 Å². The van der Waals surface area contributed by atoms with Crippen molar-refractivity contribution in [3.05, 3.63) is 102 Å². The lowest BCUT2D eigenvalue weighted by Crippen LogP contribution is -2.25. The van der Waals surface area contributed by atoms with Gasteiger partial charge in [-0.25, -0.2) is 0 Å². The van der Waals surface area contributed by atoms with Crippen LogP contribution in [0, 0.1) is 5.92 Å². The average Bonchev–Trinajstić information content (AvgIpc) is 2.72. The van der Waals surface area contributed by atoms with Crippen LogP contribution < -0.4 is 16.4 Å². The average molecular weight is 402 g/mol. The summed E-state index contributed by atoms with van der Waals surface area (Å²) in [5.74, 6) is 0.514. The smallest absolute Gasteiger partial charge is 0.251 e. The Hall–Kier alpha value is -3.53. The van der Waals surface area contributed by atoms with E-state index < -0.39 is 0 Å². The maximum Gasteiger partial charge on any atom is 0.251 e. The molecule has 4 N–H and O–H groups in total. The first kappa shape index (κ1) is 22.8. The molecule has 30 heavy (non-hydrogen) atoms. The number of hydrogen-bond acceptors (Lipinski definition) is 3. The van der Waals surface area contributed by atoms with Gasteiger partial charge in [0.15, 0.2) is 0 Å². The number of carbonyl (C=O) groups is 1. The van der Waals surface area contributed by atoms with Crippen molar-refractivity contribution in [3.63, 3.8) is 0 Å². The number of nitrogens with one attached hydrogen (secondary N) is 2. The fourth-order valence-corrected chi connectivity index (χ4v) is 2.81. The highest BCUT2D eigenvalue weighted by molar-refractivity contribution is 5.95. The molecule has 156 valence electrons. The van der Waals surface area contributed by atoms with Gasteiger partial charge >= 0.3 is 0 Å². The van der Waals surface area contributed by atoms with Crippen molar-refractivity contribution in [2.24, 2.45) is 11.7 Å². The SMILES string of the molecule is C=C/C=C(\C=C/N)/C=C/c1cccc(Nc2cccc(C(=O)NCCC(C)C)c2)c1. The Morgan fingerprint density at radius 3 is 2.53 bits per heavy atom. The van der Waals surface area contributed by atoms with E-state index >= 15 is 0 Å². The zero-order valence-electron chi connectivity index (χ0n) is 17.8. The summed E-state index contributed by atoms with van der Waals surface area (Å²) in [6.07, 6.45) is 11.9. The molecule has 2 rings (SSSR count). The van der Waals surface area contributed by atoms with Crippen molar-refractivity contribution in [3.8, 4) is 0 Å². The van der Waals surface area contributed by atoms with Crippen LogP contribution in [0.1, 0.15) is 36.2 Å². The predicted octanol–water partition coefficient (Wildman–Crippen LogP) is 5.80. The molecule has 0 aromatic heterocycles. The molecule has 2 aromatic rings. The van der Waals surface area contributed by atoms with E-state index in [2.05, 4.69) is 31.1 Å². The number of hydrogen-bond donors (Lipinski definition) is 3. The van der Waals surface area contributed by atoms with Crippen LogP contribution in [-0.2, 0) is 0 Å². The molecule has 4 nitrogen and oxygen atoms in total. The normalized spacial score (nSPS) is 11.9. The fraction of sp³-hybridized carbons (Fsp3) is 0.192. The number of anilines is 2. The number of amides is 1. The minimum atomic E-state index is -0.0505. The van der Waals surface area contributed by atoms with Gasteiger partial charge in [-0.05, 0) is 66.1 Å². The highest BCUT2D eigenvalue weighted by Crippen LogP contribution is 2.20. The van der Waals surface area contributed by atoms with Crippen LogP contribution in [0.25, 0.3) is 6.08 Å². The minimum Gasteiger partial charge on any atom is -0.405 e. The lowest BCUT2D eigenvalue weighted by molar-refractivity contribution is 0.0952. The van der Waals surface area contributed by atoms with Crippen molar-refractivity contribution in [2.45, 2.75) is 20.3 Å². The predicted molar refractivity (Wildman–Crippen MR) is 129 cm³/mol. The quantitative estimate of drug-likeness (QED) is 0.441. The van der Waals surface area contributed by atoms with E-state index in [4.69, 9.17) is 5.73 Å². The number of nitrogens with two attached hydrogens (primary N) is 1. The van der Waals surface area contributed by atoms with Crippen molar-refractivity contribution in [2.75, 3.05) is 11.9 Å². The summed E-state index contributed by atoms with van der Waals surface area (Å²) in [5, 5.41) is 6.35. The Morgan fingerprint density at radius 1 is 1.10 bits per heavy atom. The molecular weight excluding hydrogens is 370 g/mol. The molecule has 0 aliphatic rings. The largest absolute Gasteiger partial charge is 0.405 e. The summed E-state index contributed by atoms with van der Waals surface area (Å²) >= 11 is 0. The maximum absolute atomic E-state index is 12.4. The summed E-state index contributed by atoms with van der Waals surface area (Å²) < 4.78 is 0. The van der Waals surface area contributed by atoms with Crippen LogP contribution >= 0.6 is 0 Å². The van der Waals surface area contributed by atoms with Crippen molar-refractivity contribution < 1.29 is 4.79 Å². The third-order valence-corrected chi connectivity index (χ3v) is 4.37. The van der Waals surface area contributed by atoms with Crippen molar-refractivity contribution >= 4 is 23.4 Å². The van der Waals surface area contributed by atoms with Gasteiger partial charge in [-0.3, -0.25) is 4.79 Å². The summed E-state index contributed by atoms with van der Waals surface area (Å²) in [4.78, 5) is 12.4. The molecule has 4 heteroatoms. The monoisotopic (exact) mass is 401 g/mol. The zero-order valence-corrected chi connectivity index (χ0v) is 17.8. The molecule has 0 bridgehead atoms. The lowest BCUT2D eigenvalue weighted by Gasteiger charge is -2.10. The molecular formula is C26H31N3O. The van der Waals surface area contributed by atoms with Gasteiger partial charge in [0, 0.05) is 23.5 Å². The number of carbonyl (C=O) groups excluding carboxylic acids is 1. The number of benzene rings is 2. The molecule has 0 saturated heterocycles. The van der Waals surface area contributed by atoms with Crippen molar-refractivity contribution in [1.29, 1.82) is 0 Å². The summed E-state index contributed by atoms with van der Waals surface area (Å²) in [5.41, 5.74) is 9.94. The number of rotatable bonds is 10. The molecule has 0 spiro atoms. The van der Waals surface area contributed by atoms with Gasteiger partial charge in [0.1, 0.15) is 0 Å². The second-order valence-corrected chi connectivity index (χ2v) is 7.36. The standard InChI is InChI=1S/C26H31N3O/c1-4-7-21(14-16-27)12-13-22-8-5-10-24(18-22)29-25-11-6-9-23(19-25)26(30)28-17-15-20(2)3/h4-14,16,18-20,29H,1,15,17,27H2,2-3H3,(H,28,30)/b13-12+,16-14-,21-7-. The molecule has 0 radical (unpaired) electrons. The van der Waals surface area contributed by atoms with Crippen LogP contribution in [0.2, 0.25) is 0 Å². The van der Waals surface area contributed by atoms with Crippen LogP contribution in [0.5, 0.6) is 0 Å². The van der Waals surface area contributed by atoms with Crippen LogP contribution in [0.4, 0.5) is 11.4 Å². The van der Waals surface area contributed by atoms with E-state index in [1.807, 2.05) is 72.8 Å². The minimum absolute atomic E-state index is 0.0505. The second-order valence-electron chi connectivity index (χ2n) is 7.36. The Labute approximate surface area is 179 Å². The van der Waals surface area contributed by atoms with Crippen LogP contribution in [0.15, 0.2) is 91.2 Å². The lowest BCUT2D eigenvalue weighted by atomic mass is 10.1. The molecule has 2 aromatic carbocycles. The Kier molecular flexibility index (Phi) is 9.19. The van der Waals surface area contributed by atoms with Gasteiger partial charge < -0.3 is 16.4 Å². The first-order valence-electron chi connectivity index (χ1n) is 10.2. The highest BCUT2D eigenvalue weighted by Gasteiger charge is 2.06. The van der Waals surface area contributed by atoms with Gasteiger partial charge in [0.25, 0.3) is 5.91 Å². The molecule has 0 unspecified atom stereocenters. The number of allylic oxidation sites excluding steroid dienone is 5. The molecule has 0 atom stereocenters. The molecule has 0 saturated carbocycles. The van der Waals surface area contributed by atoms with E-state index in [9.17, 15) is 4.79 Å². The maximum atomic E-state index is 12.4. The van der Waals surface area contributed by atoms with Crippen LogP contribution in [0.3, 0.4) is 0 Å². The first-order valence-corrected chi connectivity index (χ1v) is 10.2. The summed E-state index contributed by atoms with van der Waals surface area (Å²) in [6, 6.07) is 15.6. The fourth-order valence-electron chi connectivity index (χ4n) is 2.81. The Balaban J connectivity index is 2.08. The summed E-state index contributed by atoms with van der Waals surface area (Å²) in [6.45, 7) is 8.69. The second kappa shape index (κ2) is 12.1. The van der Waals surface area contributed by atoms with Gasteiger partial charge in [-0.2, -0.15) is 0 Å². The third kappa shape index (κ3) is 7.84. The van der Waals surface area contributed by atoms with Crippen LogP contribution in [-0.4, -0.2) is 12.5 Å². The van der Waals surface area contributed by atoms with E-state index in [1.54, 1.807) is 6.08 Å². The van der Waals surface area contributed by atoms with E-state index in [0.29, 0.717) is 18.0 Å². The molecule has 0 aliphatic heterocycles. The summed E-state index contributed by atoms with van der Waals surface area (Å²) in [7, 11) is 0. The van der Waals surface area contributed by atoms with E-state index in [-0.39, 0.29) is 5.91 Å². The Bertz CT molecular complexity index is 939. The van der Waals surface area contributed by atoms with E-state index in [1.165, 1.54) is 6.20 Å². The third-order valence-electron chi connectivity index (χ3n) is 4.37. The van der Waals surface area contributed by atoms with Gasteiger partial charge in [0.2, 0.25) is 0 Å². The van der Waals surface area contributed by atoms with Gasteiger partial charge in [-0.1, -0.05) is 62.9 Å². The van der Waals surface area contributed by atoms with Crippen molar-refractivity contribution in [1.82, 2.24) is 5.32 Å². The molecule has 0 fully saturated rings.